The molecule has 4 aromatic rings. The van der Waals surface area contributed by atoms with E-state index in [1.54, 1.807) is 23.0 Å². The van der Waals surface area contributed by atoms with Crippen molar-refractivity contribution < 1.29 is 0 Å². The molecule has 1 aliphatic rings. The third-order valence-electron chi connectivity index (χ3n) is 4.50. The van der Waals surface area contributed by atoms with E-state index in [1.807, 2.05) is 23.8 Å². The van der Waals surface area contributed by atoms with Gasteiger partial charge in [0.15, 0.2) is 5.65 Å². The lowest BCUT2D eigenvalue weighted by atomic mass is 10.3. The van der Waals surface area contributed by atoms with E-state index in [2.05, 4.69) is 31.0 Å². The highest BCUT2D eigenvalue weighted by atomic mass is 79.9. The molecule has 5 heterocycles. The summed E-state index contributed by atoms with van der Waals surface area (Å²) < 4.78 is 5.23. The molecule has 27 heavy (non-hydrogen) atoms. The third-order valence-corrected chi connectivity index (χ3v) is 7.25. The summed E-state index contributed by atoms with van der Waals surface area (Å²) in [5.74, 6) is 0. The molecule has 0 saturated heterocycles. The maximum Gasteiger partial charge on any atom is 0.291 e. The van der Waals surface area contributed by atoms with Crippen LogP contribution in [-0.4, -0.2) is 36.6 Å². The van der Waals surface area contributed by atoms with Crippen LogP contribution in [0.5, 0.6) is 0 Å². The fraction of sp³-hybridized carbons (Fsp3) is 0.235. The fourth-order valence-corrected chi connectivity index (χ4v) is 5.33. The number of fused-ring (bicyclic) bond motifs is 3. The molecule has 0 saturated carbocycles. The second kappa shape index (κ2) is 6.47. The molecule has 0 spiro atoms. The number of allylic oxidation sites excluding steroid dienone is 1. The van der Waals surface area contributed by atoms with E-state index >= 15 is 0 Å². The van der Waals surface area contributed by atoms with Gasteiger partial charge >= 0.3 is 0 Å². The van der Waals surface area contributed by atoms with Gasteiger partial charge in [-0.3, -0.25) is 9.79 Å². The predicted molar refractivity (Wildman–Crippen MR) is 112 cm³/mol. The van der Waals surface area contributed by atoms with E-state index in [0.717, 1.165) is 48.9 Å². The van der Waals surface area contributed by atoms with Crippen molar-refractivity contribution in [3.63, 3.8) is 0 Å². The summed E-state index contributed by atoms with van der Waals surface area (Å²) in [6, 6.07) is 0. The van der Waals surface area contributed by atoms with Crippen molar-refractivity contribution in [3.8, 4) is 0 Å². The smallest absolute Gasteiger partial charge is 0.291 e. The zero-order valence-electron chi connectivity index (χ0n) is 14.2. The van der Waals surface area contributed by atoms with E-state index in [9.17, 15) is 4.79 Å². The molecule has 0 N–H and O–H groups in total. The average molecular weight is 461 g/mol. The zero-order chi connectivity index (χ0) is 18.5. The minimum atomic E-state index is -0.134. The van der Waals surface area contributed by atoms with Gasteiger partial charge in [-0.25, -0.2) is 14.6 Å². The Balaban J connectivity index is 1.60. The summed E-state index contributed by atoms with van der Waals surface area (Å²) in [4.78, 5) is 26.5. The minimum absolute atomic E-state index is 0.134. The van der Waals surface area contributed by atoms with Crippen LogP contribution in [0, 0.1) is 0 Å². The van der Waals surface area contributed by atoms with E-state index < -0.39 is 0 Å². The Morgan fingerprint density at radius 3 is 3.00 bits per heavy atom. The van der Waals surface area contributed by atoms with Crippen LogP contribution in [0.25, 0.3) is 21.3 Å². The number of halogens is 1. The topological polar surface area (TPSA) is 78.0 Å². The van der Waals surface area contributed by atoms with Crippen LogP contribution in [0.3, 0.4) is 0 Å². The van der Waals surface area contributed by atoms with Crippen LogP contribution in [0.1, 0.15) is 10.7 Å². The van der Waals surface area contributed by atoms with Crippen LogP contribution in [0.2, 0.25) is 0 Å². The first kappa shape index (κ1) is 17.0. The van der Waals surface area contributed by atoms with Gasteiger partial charge in [0.2, 0.25) is 0 Å². The van der Waals surface area contributed by atoms with Gasteiger partial charge in [-0.1, -0.05) is 6.08 Å². The molecule has 0 bridgehead atoms. The summed E-state index contributed by atoms with van der Waals surface area (Å²) in [6.07, 6.45) is 6.57. The molecule has 5 rings (SSSR count). The Bertz CT molecular complexity index is 1310. The lowest BCUT2D eigenvalue weighted by molar-refractivity contribution is 0.633. The summed E-state index contributed by atoms with van der Waals surface area (Å²) in [5.41, 5.74) is 4.90. The molecule has 0 atom stereocenters. The van der Waals surface area contributed by atoms with Gasteiger partial charge in [0, 0.05) is 24.6 Å². The van der Waals surface area contributed by atoms with Crippen molar-refractivity contribution >= 4 is 65.6 Å². The van der Waals surface area contributed by atoms with E-state index in [1.165, 1.54) is 16.0 Å². The largest absolute Gasteiger partial charge is 0.323 e. The number of rotatable bonds is 4. The standard InChI is InChI=1S/C17H13BrN6OS2/c1-23-13-10(6-21-24(17(13)25)7-11-15(18)26-8-20-11)14-16(23)22-12(27-14)5-9-3-2-4-19-9/h2-3,6,8H,4-5,7H2,1H3. The molecule has 0 unspecified atom stereocenters. The predicted octanol–water partition coefficient (Wildman–Crippen LogP) is 3.17. The van der Waals surface area contributed by atoms with E-state index in [-0.39, 0.29) is 5.56 Å². The third kappa shape index (κ3) is 2.79. The Morgan fingerprint density at radius 2 is 2.26 bits per heavy atom. The van der Waals surface area contributed by atoms with Gasteiger partial charge in [0.1, 0.15) is 10.5 Å². The zero-order valence-corrected chi connectivity index (χ0v) is 17.4. The molecule has 0 fully saturated rings. The summed E-state index contributed by atoms with van der Waals surface area (Å²) in [5, 5.41) is 6.22. The van der Waals surface area contributed by atoms with Gasteiger partial charge in [0.25, 0.3) is 5.56 Å². The molecule has 7 nitrogen and oxygen atoms in total. The number of aromatic nitrogens is 5. The number of hydrogen-bond acceptors (Lipinski definition) is 7. The second-order valence-corrected chi connectivity index (χ2v) is 9.43. The molecule has 0 amide bonds. The monoisotopic (exact) mass is 460 g/mol. The number of thiazole rings is 2. The normalized spacial score (nSPS) is 13.9. The summed E-state index contributed by atoms with van der Waals surface area (Å²) in [6.45, 7) is 1.09. The van der Waals surface area contributed by atoms with Crippen molar-refractivity contribution in [1.29, 1.82) is 0 Å². The number of nitrogens with zero attached hydrogens (tertiary/aromatic N) is 6. The second-order valence-electron chi connectivity index (χ2n) is 6.17. The molecular formula is C17H13BrN6OS2. The number of aryl methyl sites for hydroxylation is 1. The van der Waals surface area contributed by atoms with Crippen molar-refractivity contribution in [1.82, 2.24) is 24.3 Å². The lowest BCUT2D eigenvalue weighted by Crippen LogP contribution is -2.24. The highest BCUT2D eigenvalue weighted by Crippen LogP contribution is 2.31. The Labute approximate surface area is 169 Å². The molecule has 0 radical (unpaired) electrons. The summed E-state index contributed by atoms with van der Waals surface area (Å²) >= 11 is 6.56. The lowest BCUT2D eigenvalue weighted by Gasteiger charge is -2.04. The highest BCUT2D eigenvalue weighted by molar-refractivity contribution is 9.11. The molecule has 10 heteroatoms. The van der Waals surface area contributed by atoms with Gasteiger partial charge in [0.05, 0.1) is 39.0 Å². The van der Waals surface area contributed by atoms with Crippen LogP contribution in [-0.2, 0) is 20.0 Å². The van der Waals surface area contributed by atoms with Gasteiger partial charge < -0.3 is 4.57 Å². The average Bonchev–Trinajstić information content (AvgIpc) is 3.41. The van der Waals surface area contributed by atoms with Crippen molar-refractivity contribution in [2.24, 2.45) is 12.0 Å². The Hall–Kier alpha value is -2.17. The molecule has 136 valence electrons. The van der Waals surface area contributed by atoms with Crippen LogP contribution in [0.4, 0.5) is 0 Å². The quantitative estimate of drug-likeness (QED) is 0.468. The SMILES string of the molecule is Cn1c2nc(CC3=NCC=C3)sc2c2cnn(Cc3ncsc3Br)c(=O)c21. The molecular weight excluding hydrogens is 448 g/mol. The first-order valence-corrected chi connectivity index (χ1v) is 10.7. The summed E-state index contributed by atoms with van der Waals surface area (Å²) in [7, 11) is 1.88. The van der Waals surface area contributed by atoms with Gasteiger partial charge in [-0.15, -0.1) is 22.7 Å². The first-order chi connectivity index (χ1) is 13.1. The van der Waals surface area contributed by atoms with Gasteiger partial charge in [-0.05, 0) is 22.0 Å². The minimum Gasteiger partial charge on any atom is -0.323 e. The van der Waals surface area contributed by atoms with E-state index in [4.69, 9.17) is 4.98 Å². The van der Waals surface area contributed by atoms with Crippen LogP contribution in [0.15, 0.2) is 37.4 Å². The van der Waals surface area contributed by atoms with Gasteiger partial charge in [-0.2, -0.15) is 5.10 Å². The fourth-order valence-electron chi connectivity index (χ4n) is 3.20. The number of aliphatic imine (C=N–C) groups is 1. The maximum atomic E-state index is 13.0. The molecule has 1 aliphatic heterocycles. The van der Waals surface area contributed by atoms with Crippen LogP contribution >= 0.6 is 38.6 Å². The van der Waals surface area contributed by atoms with Crippen LogP contribution < -0.4 is 5.56 Å². The highest BCUT2D eigenvalue weighted by Gasteiger charge is 2.19. The first-order valence-electron chi connectivity index (χ1n) is 8.23. The number of hydrogen-bond donors (Lipinski definition) is 0. The van der Waals surface area contributed by atoms with E-state index in [0.29, 0.717) is 12.1 Å². The molecule has 0 aliphatic carbocycles. The van der Waals surface area contributed by atoms with Crippen molar-refractivity contribution in [3.05, 3.63) is 48.7 Å². The van der Waals surface area contributed by atoms with Crippen molar-refractivity contribution in [2.45, 2.75) is 13.0 Å². The van der Waals surface area contributed by atoms with Crippen molar-refractivity contribution in [2.75, 3.05) is 6.54 Å². The Morgan fingerprint density at radius 1 is 1.37 bits per heavy atom. The molecule has 0 aromatic carbocycles. The molecule has 4 aromatic heterocycles. The Kier molecular flexibility index (Phi) is 4.06. The maximum absolute atomic E-state index is 13.0.